The minimum atomic E-state index is -0.0712. The number of quaternary nitrogens is 1. The number of Topliss-reactive ketones (excluding diaryl/α,β-unsaturated/α-hetero) is 1. The molecule has 144 valence electrons. The molecule has 0 bridgehead atoms. The minimum absolute atomic E-state index is 0.0332. The number of nitrogens with one attached hydrogen (secondary N) is 2. The molecule has 2 heterocycles. The van der Waals surface area contributed by atoms with Crippen LogP contribution in [-0.4, -0.2) is 44.5 Å². The SMILES string of the molecule is Cc1ccc([C@H](C[NH+]2CCOCC2)NC(=O)CCC(=O)c2cccs2)cc1. The Balaban J connectivity index is 1.60. The number of ketones is 1. The van der Waals surface area contributed by atoms with Crippen molar-refractivity contribution in [2.45, 2.75) is 25.8 Å². The molecule has 1 aliphatic rings. The van der Waals surface area contributed by atoms with E-state index in [0.29, 0.717) is 0 Å². The molecular formula is C21H27N2O3S+. The summed E-state index contributed by atoms with van der Waals surface area (Å²) in [4.78, 5) is 26.8. The lowest BCUT2D eigenvalue weighted by Gasteiger charge is -2.28. The van der Waals surface area contributed by atoms with E-state index in [4.69, 9.17) is 4.74 Å². The number of carbonyl (C=O) groups excluding carboxylic acids is 2. The molecule has 0 spiro atoms. The van der Waals surface area contributed by atoms with Crippen molar-refractivity contribution in [3.8, 4) is 0 Å². The van der Waals surface area contributed by atoms with Crippen LogP contribution in [0.25, 0.3) is 0 Å². The van der Waals surface area contributed by atoms with E-state index in [1.54, 1.807) is 0 Å². The molecule has 0 unspecified atom stereocenters. The zero-order valence-corrected chi connectivity index (χ0v) is 16.5. The minimum Gasteiger partial charge on any atom is -0.370 e. The highest BCUT2D eigenvalue weighted by Gasteiger charge is 2.23. The molecular weight excluding hydrogens is 360 g/mol. The van der Waals surface area contributed by atoms with Crippen LogP contribution < -0.4 is 10.2 Å². The number of hydrogen-bond acceptors (Lipinski definition) is 4. The zero-order valence-electron chi connectivity index (χ0n) is 15.7. The molecule has 3 rings (SSSR count). The van der Waals surface area contributed by atoms with Crippen molar-refractivity contribution in [3.05, 3.63) is 57.8 Å². The Kier molecular flexibility index (Phi) is 7.15. The maximum Gasteiger partial charge on any atom is 0.221 e. The largest absolute Gasteiger partial charge is 0.370 e. The van der Waals surface area contributed by atoms with E-state index < -0.39 is 0 Å². The molecule has 0 saturated carbocycles. The van der Waals surface area contributed by atoms with Crippen molar-refractivity contribution < 1.29 is 19.2 Å². The van der Waals surface area contributed by atoms with Crippen LogP contribution in [0.5, 0.6) is 0 Å². The van der Waals surface area contributed by atoms with E-state index in [-0.39, 0.29) is 30.6 Å². The summed E-state index contributed by atoms with van der Waals surface area (Å²) in [5, 5.41) is 5.03. The average molecular weight is 388 g/mol. The van der Waals surface area contributed by atoms with Gasteiger partial charge in [0.2, 0.25) is 5.91 Å². The van der Waals surface area contributed by atoms with Gasteiger partial charge in [0.15, 0.2) is 5.78 Å². The second kappa shape index (κ2) is 9.78. The van der Waals surface area contributed by atoms with Gasteiger partial charge in [0.25, 0.3) is 0 Å². The van der Waals surface area contributed by atoms with Crippen LogP contribution in [0.2, 0.25) is 0 Å². The van der Waals surface area contributed by atoms with Crippen molar-refractivity contribution in [2.24, 2.45) is 0 Å². The molecule has 1 fully saturated rings. The van der Waals surface area contributed by atoms with Crippen LogP contribution in [0.15, 0.2) is 41.8 Å². The molecule has 1 amide bonds. The quantitative estimate of drug-likeness (QED) is 0.679. The Bertz CT molecular complexity index is 737. The highest BCUT2D eigenvalue weighted by atomic mass is 32.1. The van der Waals surface area contributed by atoms with Crippen LogP contribution in [0, 0.1) is 6.92 Å². The van der Waals surface area contributed by atoms with Gasteiger partial charge in [-0.15, -0.1) is 11.3 Å². The van der Waals surface area contributed by atoms with Crippen LogP contribution in [0.1, 0.15) is 39.7 Å². The molecule has 0 aliphatic carbocycles. The lowest BCUT2D eigenvalue weighted by molar-refractivity contribution is -0.909. The normalized spacial score (nSPS) is 16.0. The van der Waals surface area contributed by atoms with Gasteiger partial charge in [-0.05, 0) is 23.9 Å². The lowest BCUT2D eigenvalue weighted by Crippen LogP contribution is -3.14. The van der Waals surface area contributed by atoms with Gasteiger partial charge >= 0.3 is 0 Å². The summed E-state index contributed by atoms with van der Waals surface area (Å²) < 4.78 is 5.44. The van der Waals surface area contributed by atoms with Crippen molar-refractivity contribution in [1.82, 2.24) is 5.32 Å². The summed E-state index contributed by atoms with van der Waals surface area (Å²) in [6, 6.07) is 11.9. The van der Waals surface area contributed by atoms with Gasteiger partial charge in [-0.2, -0.15) is 0 Å². The standard InChI is InChI=1S/C21H26N2O3S/c1-16-4-6-17(7-5-16)18(15-23-10-12-26-13-11-23)22-21(25)9-8-19(24)20-3-2-14-27-20/h2-7,14,18H,8-13,15H2,1H3,(H,22,25)/p+1/t18-/m0/s1. The Morgan fingerprint density at radius 2 is 1.89 bits per heavy atom. The van der Waals surface area contributed by atoms with E-state index in [1.807, 2.05) is 17.5 Å². The molecule has 27 heavy (non-hydrogen) atoms. The van der Waals surface area contributed by atoms with Gasteiger partial charge in [0, 0.05) is 12.8 Å². The summed E-state index contributed by atoms with van der Waals surface area (Å²) in [5.41, 5.74) is 2.31. The highest BCUT2D eigenvalue weighted by Crippen LogP contribution is 2.15. The Hall–Kier alpha value is -2.02. The smallest absolute Gasteiger partial charge is 0.221 e. The molecule has 1 aromatic carbocycles. The maximum absolute atomic E-state index is 12.5. The van der Waals surface area contributed by atoms with Gasteiger partial charge in [-0.3, -0.25) is 9.59 Å². The van der Waals surface area contributed by atoms with Crippen LogP contribution in [-0.2, 0) is 9.53 Å². The first kappa shape index (κ1) is 19.7. The van der Waals surface area contributed by atoms with Gasteiger partial charge < -0.3 is 15.0 Å². The molecule has 1 aliphatic heterocycles. The molecule has 0 radical (unpaired) electrons. The predicted molar refractivity (Wildman–Crippen MR) is 106 cm³/mol. The van der Waals surface area contributed by atoms with E-state index in [2.05, 4.69) is 36.5 Å². The van der Waals surface area contributed by atoms with E-state index in [0.717, 1.165) is 43.3 Å². The topological polar surface area (TPSA) is 59.8 Å². The first-order valence-corrected chi connectivity index (χ1v) is 10.3. The fourth-order valence-electron chi connectivity index (χ4n) is 3.26. The third-order valence-electron chi connectivity index (χ3n) is 4.88. The summed E-state index contributed by atoms with van der Waals surface area (Å²) >= 11 is 1.42. The fraction of sp³-hybridized carbons (Fsp3) is 0.429. The Morgan fingerprint density at radius 1 is 1.15 bits per heavy atom. The number of hydrogen-bond donors (Lipinski definition) is 2. The monoisotopic (exact) mass is 387 g/mol. The Labute approximate surface area is 164 Å². The zero-order chi connectivity index (χ0) is 19.1. The molecule has 1 aromatic heterocycles. The van der Waals surface area contributed by atoms with Gasteiger partial charge in [0.1, 0.15) is 25.7 Å². The summed E-state index contributed by atoms with van der Waals surface area (Å²) in [6.45, 7) is 6.32. The number of amides is 1. The second-order valence-electron chi connectivity index (χ2n) is 7.00. The number of rotatable bonds is 8. The molecule has 2 aromatic rings. The molecule has 5 nitrogen and oxygen atoms in total. The molecule has 1 atom stereocenters. The van der Waals surface area contributed by atoms with E-state index in [1.165, 1.54) is 21.8 Å². The van der Waals surface area contributed by atoms with Gasteiger partial charge in [-0.25, -0.2) is 0 Å². The lowest BCUT2D eigenvalue weighted by atomic mass is 10.0. The molecule has 2 N–H and O–H groups in total. The van der Waals surface area contributed by atoms with Gasteiger partial charge in [0.05, 0.1) is 18.1 Å². The third kappa shape index (κ3) is 5.99. The van der Waals surface area contributed by atoms with Crippen molar-refractivity contribution in [1.29, 1.82) is 0 Å². The van der Waals surface area contributed by atoms with Crippen molar-refractivity contribution in [2.75, 3.05) is 32.8 Å². The van der Waals surface area contributed by atoms with Crippen molar-refractivity contribution >= 4 is 23.0 Å². The average Bonchev–Trinajstić information content (AvgIpc) is 3.22. The van der Waals surface area contributed by atoms with Crippen LogP contribution >= 0.6 is 11.3 Å². The van der Waals surface area contributed by atoms with Gasteiger partial charge in [-0.1, -0.05) is 35.9 Å². The first-order valence-electron chi connectivity index (χ1n) is 9.46. The number of carbonyl (C=O) groups is 2. The number of aryl methyl sites for hydroxylation is 1. The third-order valence-corrected chi connectivity index (χ3v) is 5.79. The molecule has 6 heteroatoms. The van der Waals surface area contributed by atoms with Crippen molar-refractivity contribution in [3.63, 3.8) is 0 Å². The second-order valence-corrected chi connectivity index (χ2v) is 7.95. The van der Waals surface area contributed by atoms with E-state index in [9.17, 15) is 9.59 Å². The fourth-order valence-corrected chi connectivity index (χ4v) is 3.95. The number of morpholine rings is 1. The van der Waals surface area contributed by atoms with Crippen LogP contribution in [0.3, 0.4) is 0 Å². The van der Waals surface area contributed by atoms with E-state index >= 15 is 0 Å². The highest BCUT2D eigenvalue weighted by molar-refractivity contribution is 7.12. The summed E-state index contributed by atoms with van der Waals surface area (Å²) in [7, 11) is 0. The van der Waals surface area contributed by atoms with Crippen LogP contribution in [0.4, 0.5) is 0 Å². The Morgan fingerprint density at radius 3 is 2.56 bits per heavy atom. The molecule has 1 saturated heterocycles. The summed E-state index contributed by atoms with van der Waals surface area (Å²) in [6.07, 6.45) is 0.467. The number of benzene rings is 1. The number of thiophene rings is 1. The maximum atomic E-state index is 12.5. The number of ether oxygens (including phenoxy) is 1. The summed E-state index contributed by atoms with van der Waals surface area (Å²) in [5.74, 6) is -0.0380. The first-order chi connectivity index (χ1) is 13.1. The predicted octanol–water partition coefficient (Wildman–Crippen LogP) is 1.79.